The lowest BCUT2D eigenvalue weighted by atomic mass is 10.1. The molecule has 0 aromatic carbocycles. The Balaban J connectivity index is 2.97. The summed E-state index contributed by atoms with van der Waals surface area (Å²) in [5, 5.41) is 13.9. The fourth-order valence-electron chi connectivity index (χ4n) is 1.70. The minimum absolute atomic E-state index is 0.148. The van der Waals surface area contributed by atoms with E-state index in [0.29, 0.717) is 6.42 Å². The Hall–Kier alpha value is -0.680. The molecule has 0 fully saturated rings. The van der Waals surface area contributed by atoms with Gasteiger partial charge in [-0.05, 0) is 35.7 Å². The minimum atomic E-state index is -0.868. The normalized spacial score (nSPS) is 12.8. The number of rotatable bonds is 6. The van der Waals surface area contributed by atoms with Crippen molar-refractivity contribution >= 4 is 21.7 Å². The number of ketones is 1. The second-order valence-corrected chi connectivity index (χ2v) is 4.74. The largest absolute Gasteiger partial charge is 0.385 e. The molecule has 0 aliphatic heterocycles. The molecule has 1 N–H and O–H groups in total. The van der Waals surface area contributed by atoms with E-state index in [1.54, 1.807) is 6.92 Å². The molecule has 0 spiro atoms. The average molecular weight is 303 g/mol. The van der Waals surface area contributed by atoms with Gasteiger partial charge >= 0.3 is 0 Å². The molecule has 1 heterocycles. The summed E-state index contributed by atoms with van der Waals surface area (Å²) in [4.78, 5) is 11.7. The van der Waals surface area contributed by atoms with Crippen LogP contribution in [0.25, 0.3) is 0 Å². The summed E-state index contributed by atoms with van der Waals surface area (Å²) < 4.78 is 2.72. The molecule has 96 valence electrons. The molecule has 0 aliphatic carbocycles. The van der Waals surface area contributed by atoms with E-state index in [4.69, 9.17) is 0 Å². The number of hydrogen-bond acceptors (Lipinski definition) is 3. The molecule has 1 aromatic rings. The molecule has 0 bridgehead atoms. The Labute approximate surface area is 110 Å². The molecule has 0 aliphatic rings. The van der Waals surface area contributed by atoms with Crippen LogP contribution < -0.4 is 0 Å². The van der Waals surface area contributed by atoms with E-state index in [1.807, 2.05) is 18.5 Å². The predicted octanol–water partition coefficient (Wildman–Crippen LogP) is 2.11. The van der Waals surface area contributed by atoms with Crippen LogP contribution in [-0.2, 0) is 24.2 Å². The van der Waals surface area contributed by atoms with Gasteiger partial charge < -0.3 is 5.11 Å². The maximum absolute atomic E-state index is 11.7. The first-order valence-corrected chi connectivity index (χ1v) is 6.79. The Morgan fingerprint density at radius 2 is 2.12 bits per heavy atom. The molecule has 1 aromatic heterocycles. The molecule has 0 saturated carbocycles. The number of aliphatic hydroxyl groups excluding tert-OH is 1. The van der Waals surface area contributed by atoms with Crippen molar-refractivity contribution in [2.75, 3.05) is 0 Å². The van der Waals surface area contributed by atoms with Gasteiger partial charge in [0, 0.05) is 6.54 Å². The van der Waals surface area contributed by atoms with E-state index >= 15 is 0 Å². The number of nitrogens with zero attached hydrogens (tertiary/aromatic N) is 2. The second-order valence-electron chi connectivity index (χ2n) is 3.94. The number of Topliss-reactive ketones (excluding diaryl/α,β-unsaturated/α-hetero) is 1. The van der Waals surface area contributed by atoms with E-state index in [2.05, 4.69) is 21.0 Å². The Kier molecular flexibility index (Phi) is 5.33. The number of aryl methyl sites for hydroxylation is 2. The molecule has 1 rings (SSSR count). The van der Waals surface area contributed by atoms with Crippen molar-refractivity contribution in [3.8, 4) is 0 Å². The van der Waals surface area contributed by atoms with Crippen molar-refractivity contribution in [3.05, 3.63) is 15.9 Å². The van der Waals surface area contributed by atoms with Gasteiger partial charge in [0.1, 0.15) is 6.10 Å². The smallest absolute Gasteiger partial charge is 0.167 e. The van der Waals surface area contributed by atoms with E-state index in [-0.39, 0.29) is 12.2 Å². The Morgan fingerprint density at radius 1 is 1.47 bits per heavy atom. The summed E-state index contributed by atoms with van der Waals surface area (Å²) in [5.41, 5.74) is 1.82. The van der Waals surface area contributed by atoms with Gasteiger partial charge in [-0.2, -0.15) is 5.10 Å². The summed E-state index contributed by atoms with van der Waals surface area (Å²) in [6.45, 7) is 6.54. The molecule has 4 nitrogen and oxygen atoms in total. The molecule has 1 unspecified atom stereocenters. The lowest BCUT2D eigenvalue weighted by Gasteiger charge is -2.08. The molecular formula is C12H19BrN2O2. The molecule has 1 atom stereocenters. The van der Waals surface area contributed by atoms with E-state index in [0.717, 1.165) is 28.8 Å². The third kappa shape index (κ3) is 3.16. The van der Waals surface area contributed by atoms with Gasteiger partial charge in [-0.25, -0.2) is 0 Å². The van der Waals surface area contributed by atoms with Gasteiger partial charge in [-0.15, -0.1) is 0 Å². The van der Waals surface area contributed by atoms with Crippen LogP contribution in [0.2, 0.25) is 0 Å². The van der Waals surface area contributed by atoms with E-state index in [1.165, 1.54) is 0 Å². The molecule has 5 heteroatoms. The first-order valence-electron chi connectivity index (χ1n) is 5.99. The zero-order valence-corrected chi connectivity index (χ0v) is 12.1. The number of carbonyl (C=O) groups excluding carboxylic acids is 1. The minimum Gasteiger partial charge on any atom is -0.385 e. The highest BCUT2D eigenvalue weighted by molar-refractivity contribution is 9.10. The predicted molar refractivity (Wildman–Crippen MR) is 70.0 cm³/mol. The highest BCUT2D eigenvalue weighted by atomic mass is 79.9. The van der Waals surface area contributed by atoms with E-state index in [9.17, 15) is 9.90 Å². The third-order valence-corrected chi connectivity index (χ3v) is 3.71. The first kappa shape index (κ1) is 14.4. The van der Waals surface area contributed by atoms with Crippen molar-refractivity contribution in [3.63, 3.8) is 0 Å². The zero-order valence-electron chi connectivity index (χ0n) is 10.5. The number of carbonyl (C=O) groups is 1. The number of aromatic nitrogens is 2. The van der Waals surface area contributed by atoms with Crippen molar-refractivity contribution in [1.82, 2.24) is 9.78 Å². The lowest BCUT2D eigenvalue weighted by molar-refractivity contribution is -0.126. The first-order chi connectivity index (χ1) is 8.04. The fraction of sp³-hybridized carbons (Fsp3) is 0.667. The quantitative estimate of drug-likeness (QED) is 0.875. The van der Waals surface area contributed by atoms with Crippen LogP contribution in [0.15, 0.2) is 4.47 Å². The van der Waals surface area contributed by atoms with Gasteiger partial charge in [0.2, 0.25) is 0 Å². The monoisotopic (exact) mass is 302 g/mol. The van der Waals surface area contributed by atoms with Crippen molar-refractivity contribution in [2.24, 2.45) is 0 Å². The van der Waals surface area contributed by atoms with Crippen LogP contribution in [0.1, 0.15) is 38.6 Å². The van der Waals surface area contributed by atoms with E-state index < -0.39 is 6.10 Å². The number of aliphatic hydroxyl groups is 1. The maximum Gasteiger partial charge on any atom is 0.167 e. The fourth-order valence-corrected chi connectivity index (χ4v) is 2.40. The van der Waals surface area contributed by atoms with Crippen LogP contribution in [-0.4, -0.2) is 26.8 Å². The lowest BCUT2D eigenvalue weighted by Crippen LogP contribution is -2.22. The van der Waals surface area contributed by atoms with Gasteiger partial charge in [0.25, 0.3) is 0 Å². The average Bonchev–Trinajstić information content (AvgIpc) is 2.65. The molecule has 0 saturated heterocycles. The van der Waals surface area contributed by atoms with Gasteiger partial charge in [-0.1, -0.05) is 13.8 Å². The van der Waals surface area contributed by atoms with Crippen molar-refractivity contribution in [2.45, 2.75) is 52.7 Å². The molecule has 17 heavy (non-hydrogen) atoms. The van der Waals surface area contributed by atoms with Crippen LogP contribution in [0.5, 0.6) is 0 Å². The SMILES string of the molecule is CCc1nn(CC)c(CC(=O)C(O)CC)c1Br. The van der Waals surface area contributed by atoms with Crippen LogP contribution in [0, 0.1) is 0 Å². The van der Waals surface area contributed by atoms with Crippen LogP contribution >= 0.6 is 15.9 Å². The highest BCUT2D eigenvalue weighted by Gasteiger charge is 2.20. The summed E-state index contributed by atoms with van der Waals surface area (Å²) in [6.07, 6.45) is 0.644. The Bertz CT molecular complexity index is 401. The van der Waals surface area contributed by atoms with Gasteiger partial charge in [0.15, 0.2) is 5.78 Å². The van der Waals surface area contributed by atoms with Gasteiger partial charge in [-0.3, -0.25) is 9.48 Å². The standard InChI is InChI=1S/C12H19BrN2O2/c1-4-8-12(13)9(15(6-3)14-8)7-11(17)10(16)5-2/h10,16H,4-7H2,1-3H3. The summed E-state index contributed by atoms with van der Waals surface area (Å²) >= 11 is 3.49. The molecular weight excluding hydrogens is 284 g/mol. The van der Waals surface area contributed by atoms with Crippen LogP contribution in [0.4, 0.5) is 0 Å². The van der Waals surface area contributed by atoms with Crippen LogP contribution in [0.3, 0.4) is 0 Å². The second kappa shape index (κ2) is 6.31. The molecule has 0 amide bonds. The summed E-state index contributed by atoms with van der Waals surface area (Å²) in [7, 11) is 0. The highest BCUT2D eigenvalue weighted by Crippen LogP contribution is 2.23. The Morgan fingerprint density at radius 3 is 2.59 bits per heavy atom. The van der Waals surface area contributed by atoms with Crippen molar-refractivity contribution < 1.29 is 9.90 Å². The van der Waals surface area contributed by atoms with Gasteiger partial charge in [0.05, 0.1) is 22.3 Å². The van der Waals surface area contributed by atoms with Crippen molar-refractivity contribution in [1.29, 1.82) is 0 Å². The zero-order chi connectivity index (χ0) is 13.0. The summed E-state index contributed by atoms with van der Waals surface area (Å²) in [5.74, 6) is -0.148. The number of halogens is 1. The third-order valence-electron chi connectivity index (χ3n) is 2.79. The maximum atomic E-state index is 11.7. The molecule has 0 radical (unpaired) electrons. The number of hydrogen-bond donors (Lipinski definition) is 1. The topological polar surface area (TPSA) is 55.1 Å². The summed E-state index contributed by atoms with van der Waals surface area (Å²) in [6, 6.07) is 0.